The standard InChI is InChI=1S/C12H25.C2H6O4S.Na/c1-3-5-7-9-11-12-10-8-6-4-2;3-1-2-7(4,5)6;/h1,3-12H2,2H3;3H,1-2H2,(H,4,5,6);/q-1;;+1. The molecule has 0 fully saturated rings. The maximum Gasteiger partial charge on any atom is 1.00 e. The van der Waals surface area contributed by atoms with Gasteiger partial charge in [-0.1, -0.05) is 64.7 Å². The molecule has 0 heterocycles. The smallest absolute Gasteiger partial charge is 0.395 e. The Labute approximate surface area is 147 Å². The first-order valence-corrected chi connectivity index (χ1v) is 8.94. The monoisotopic (exact) mass is 318 g/mol. The van der Waals surface area contributed by atoms with E-state index in [1.165, 1.54) is 57.8 Å². The van der Waals surface area contributed by atoms with E-state index in [1.54, 1.807) is 0 Å². The first kappa shape index (κ1) is 25.8. The summed E-state index contributed by atoms with van der Waals surface area (Å²) in [4.78, 5) is 0. The number of hydrogen-bond donors (Lipinski definition) is 2. The van der Waals surface area contributed by atoms with E-state index in [0.717, 1.165) is 6.42 Å². The number of rotatable bonds is 11. The van der Waals surface area contributed by atoms with E-state index >= 15 is 0 Å². The normalized spacial score (nSPS) is 10.4. The van der Waals surface area contributed by atoms with E-state index in [2.05, 4.69) is 13.8 Å². The van der Waals surface area contributed by atoms with Crippen molar-refractivity contribution >= 4 is 10.1 Å². The summed E-state index contributed by atoms with van der Waals surface area (Å²) in [5.74, 6) is -0.576. The van der Waals surface area contributed by atoms with Crippen LogP contribution < -0.4 is 29.6 Å². The van der Waals surface area contributed by atoms with Crippen LogP contribution in [-0.2, 0) is 10.1 Å². The number of hydrogen-bond acceptors (Lipinski definition) is 3. The molecule has 0 saturated heterocycles. The second-order valence-corrected chi connectivity index (χ2v) is 6.26. The predicted octanol–water partition coefficient (Wildman–Crippen LogP) is 0.612. The van der Waals surface area contributed by atoms with Gasteiger partial charge in [-0.05, 0) is 0 Å². The number of unbranched alkanes of at least 4 members (excludes halogenated alkanes) is 9. The Morgan fingerprint density at radius 1 is 0.900 bits per heavy atom. The first-order valence-electron chi connectivity index (χ1n) is 7.33. The molecule has 6 heteroatoms. The quantitative estimate of drug-likeness (QED) is 0.253. The molecule has 0 aliphatic carbocycles. The largest absolute Gasteiger partial charge is 1.00 e. The Hall–Kier alpha value is 0.870. The zero-order valence-electron chi connectivity index (χ0n) is 13.3. The van der Waals surface area contributed by atoms with Crippen LogP contribution in [0.1, 0.15) is 71.1 Å². The van der Waals surface area contributed by atoms with Gasteiger partial charge in [0.1, 0.15) is 0 Å². The minimum absolute atomic E-state index is 0. The van der Waals surface area contributed by atoms with Crippen molar-refractivity contribution in [2.24, 2.45) is 0 Å². The number of aliphatic hydroxyl groups is 1. The van der Waals surface area contributed by atoms with Crippen molar-refractivity contribution in [3.8, 4) is 0 Å². The van der Waals surface area contributed by atoms with E-state index in [0.29, 0.717) is 0 Å². The fourth-order valence-electron chi connectivity index (χ4n) is 1.60. The molecule has 4 nitrogen and oxygen atoms in total. The average molecular weight is 318 g/mol. The molecule has 0 spiro atoms. The van der Waals surface area contributed by atoms with Crippen molar-refractivity contribution in [1.29, 1.82) is 0 Å². The topological polar surface area (TPSA) is 74.6 Å². The van der Waals surface area contributed by atoms with E-state index in [-0.39, 0.29) is 29.6 Å². The summed E-state index contributed by atoms with van der Waals surface area (Å²) in [6.07, 6.45) is 13.9. The molecule has 0 unspecified atom stereocenters. The van der Waals surface area contributed by atoms with Crippen molar-refractivity contribution in [1.82, 2.24) is 0 Å². The Bertz CT molecular complexity index is 246. The Morgan fingerprint density at radius 2 is 1.30 bits per heavy atom. The minimum Gasteiger partial charge on any atom is -0.395 e. The van der Waals surface area contributed by atoms with Crippen molar-refractivity contribution in [3.05, 3.63) is 6.92 Å². The predicted molar refractivity (Wildman–Crippen MR) is 80.7 cm³/mol. The van der Waals surface area contributed by atoms with Crippen LogP contribution in [0.4, 0.5) is 0 Å². The molecule has 0 saturated carbocycles. The summed E-state index contributed by atoms with van der Waals surface area (Å²) in [6.45, 7) is 5.59. The molecule has 0 radical (unpaired) electrons. The summed E-state index contributed by atoms with van der Waals surface area (Å²) in [7, 11) is -3.92. The summed E-state index contributed by atoms with van der Waals surface area (Å²) in [6, 6.07) is 0. The van der Waals surface area contributed by atoms with Crippen LogP contribution in [0.3, 0.4) is 0 Å². The molecule has 2 N–H and O–H groups in total. The van der Waals surface area contributed by atoms with Gasteiger partial charge in [-0.2, -0.15) is 14.8 Å². The summed E-state index contributed by atoms with van der Waals surface area (Å²) in [5.41, 5.74) is 0. The molecular formula is C14H31NaO4S. The van der Waals surface area contributed by atoms with E-state index in [9.17, 15) is 8.42 Å². The van der Waals surface area contributed by atoms with Crippen molar-refractivity contribution < 1.29 is 47.6 Å². The molecule has 0 aliphatic rings. The van der Waals surface area contributed by atoms with E-state index < -0.39 is 22.5 Å². The molecule has 0 aromatic carbocycles. The van der Waals surface area contributed by atoms with Gasteiger partial charge >= 0.3 is 29.6 Å². The summed E-state index contributed by atoms with van der Waals surface area (Å²) >= 11 is 0. The zero-order valence-corrected chi connectivity index (χ0v) is 16.1. The fourth-order valence-corrected chi connectivity index (χ4v) is 1.83. The third-order valence-corrected chi connectivity index (χ3v) is 3.40. The van der Waals surface area contributed by atoms with Crippen molar-refractivity contribution in [2.75, 3.05) is 12.4 Å². The van der Waals surface area contributed by atoms with Gasteiger partial charge in [-0.25, -0.2) is 0 Å². The van der Waals surface area contributed by atoms with Gasteiger partial charge in [0.05, 0.1) is 12.4 Å². The Kier molecular flexibility index (Phi) is 25.6. The van der Waals surface area contributed by atoms with Crippen LogP contribution in [0.5, 0.6) is 0 Å². The van der Waals surface area contributed by atoms with Crippen LogP contribution in [-0.4, -0.2) is 30.4 Å². The molecule has 0 amide bonds. The van der Waals surface area contributed by atoms with Crippen molar-refractivity contribution in [3.63, 3.8) is 0 Å². The molecule has 0 atom stereocenters. The first-order chi connectivity index (χ1) is 8.97. The summed E-state index contributed by atoms with van der Waals surface area (Å²) in [5, 5.41) is 7.86. The Morgan fingerprint density at radius 3 is 1.55 bits per heavy atom. The van der Waals surface area contributed by atoms with Crippen LogP contribution >= 0.6 is 0 Å². The second-order valence-electron chi connectivity index (χ2n) is 4.69. The fraction of sp³-hybridized carbons (Fsp3) is 0.929. The number of aliphatic hydroxyl groups excluding tert-OH is 1. The van der Waals surface area contributed by atoms with E-state index in [4.69, 9.17) is 9.66 Å². The maximum absolute atomic E-state index is 9.63. The van der Waals surface area contributed by atoms with Crippen molar-refractivity contribution in [2.45, 2.75) is 71.1 Å². The van der Waals surface area contributed by atoms with Gasteiger partial charge in [-0.15, -0.1) is 0 Å². The SMILES string of the molecule is O=S(=O)(O)CCO.[CH2-]CCCCCCCCCCC.[Na+]. The third-order valence-electron chi connectivity index (χ3n) is 2.70. The van der Waals surface area contributed by atoms with Gasteiger partial charge in [-0.3, -0.25) is 4.55 Å². The molecule has 0 aromatic heterocycles. The van der Waals surface area contributed by atoms with Gasteiger partial charge < -0.3 is 12.0 Å². The van der Waals surface area contributed by atoms with Gasteiger partial charge in [0.25, 0.3) is 10.1 Å². The van der Waals surface area contributed by atoms with Crippen LogP contribution in [0.25, 0.3) is 0 Å². The van der Waals surface area contributed by atoms with Crippen LogP contribution in [0.2, 0.25) is 0 Å². The average Bonchev–Trinajstić information content (AvgIpc) is 2.32. The summed E-state index contributed by atoms with van der Waals surface area (Å²) < 4.78 is 27.1. The third kappa shape index (κ3) is 31.3. The molecule has 0 aromatic rings. The van der Waals surface area contributed by atoms with Gasteiger partial charge in [0.2, 0.25) is 0 Å². The molecule has 20 heavy (non-hydrogen) atoms. The van der Waals surface area contributed by atoms with E-state index in [1.807, 2.05) is 0 Å². The maximum atomic E-state index is 9.63. The van der Waals surface area contributed by atoms with Gasteiger partial charge in [0.15, 0.2) is 0 Å². The van der Waals surface area contributed by atoms with Crippen LogP contribution in [0.15, 0.2) is 0 Å². The molecule has 0 bridgehead atoms. The molecule has 0 rings (SSSR count). The molecule has 0 aliphatic heterocycles. The minimum atomic E-state index is -3.92. The zero-order chi connectivity index (χ0) is 15.0. The molecular weight excluding hydrogens is 287 g/mol. The second kappa shape index (κ2) is 19.9. The Balaban J connectivity index is -0.000000312. The molecule has 118 valence electrons. The van der Waals surface area contributed by atoms with Gasteiger partial charge in [0, 0.05) is 0 Å². The van der Waals surface area contributed by atoms with Crippen LogP contribution in [0, 0.1) is 6.92 Å².